The van der Waals surface area contributed by atoms with E-state index in [1.165, 1.54) is 5.56 Å². The molecule has 0 aliphatic heterocycles. The summed E-state index contributed by atoms with van der Waals surface area (Å²) in [5.41, 5.74) is 4.59. The van der Waals surface area contributed by atoms with Crippen LogP contribution in [0.3, 0.4) is 0 Å². The molecule has 0 aromatic heterocycles. The Morgan fingerprint density at radius 2 is 0.839 bits per heavy atom. The molecule has 31 heavy (non-hydrogen) atoms. The molecule has 0 atom stereocenters. The SMILES string of the molecule is CC.CC.Cc1ccc(N(c2ccccc2)c2ccc(Oc3ccccc3)cc2)cc1. The molecule has 4 rings (SSSR count). The maximum Gasteiger partial charge on any atom is 0.127 e. The Morgan fingerprint density at radius 3 is 1.35 bits per heavy atom. The summed E-state index contributed by atoms with van der Waals surface area (Å²) in [5, 5.41) is 0. The minimum atomic E-state index is 0.821. The Labute approximate surface area is 187 Å². The summed E-state index contributed by atoms with van der Waals surface area (Å²) in [5.74, 6) is 1.66. The number of rotatable bonds is 5. The molecule has 0 heterocycles. The van der Waals surface area contributed by atoms with E-state index in [1.54, 1.807) is 0 Å². The summed E-state index contributed by atoms with van der Waals surface area (Å²) >= 11 is 0. The number of ether oxygens (including phenoxy) is 1. The van der Waals surface area contributed by atoms with Crippen molar-refractivity contribution in [1.82, 2.24) is 0 Å². The average molecular weight is 412 g/mol. The van der Waals surface area contributed by atoms with Crippen LogP contribution in [0.1, 0.15) is 33.3 Å². The number of benzene rings is 4. The van der Waals surface area contributed by atoms with Gasteiger partial charge in [-0.2, -0.15) is 0 Å². The number of nitrogens with zero attached hydrogens (tertiary/aromatic N) is 1. The van der Waals surface area contributed by atoms with Gasteiger partial charge in [0, 0.05) is 17.1 Å². The van der Waals surface area contributed by atoms with E-state index >= 15 is 0 Å². The lowest BCUT2D eigenvalue weighted by molar-refractivity contribution is 0.483. The Kier molecular flexibility index (Phi) is 9.90. The second kappa shape index (κ2) is 12.9. The van der Waals surface area contributed by atoms with Crippen LogP contribution in [0.4, 0.5) is 17.1 Å². The predicted octanol–water partition coefficient (Wildman–Crippen LogP) is 9.31. The van der Waals surface area contributed by atoms with Gasteiger partial charge in [0.15, 0.2) is 0 Å². The third kappa shape index (κ3) is 6.75. The van der Waals surface area contributed by atoms with Gasteiger partial charge >= 0.3 is 0 Å². The van der Waals surface area contributed by atoms with E-state index in [-0.39, 0.29) is 0 Å². The average Bonchev–Trinajstić information content (AvgIpc) is 2.85. The van der Waals surface area contributed by atoms with Gasteiger partial charge in [0.25, 0.3) is 0 Å². The molecule has 0 aliphatic carbocycles. The topological polar surface area (TPSA) is 12.5 Å². The first-order valence-electron chi connectivity index (χ1n) is 11.0. The molecule has 4 aromatic carbocycles. The minimum absolute atomic E-state index is 0.821. The van der Waals surface area contributed by atoms with Gasteiger partial charge in [-0.3, -0.25) is 0 Å². The number of hydrogen-bond acceptors (Lipinski definition) is 2. The van der Waals surface area contributed by atoms with Gasteiger partial charge in [0.2, 0.25) is 0 Å². The number of hydrogen-bond donors (Lipinski definition) is 0. The molecule has 4 aromatic rings. The standard InChI is InChI=1S/C25H21NO.2C2H6/c1-20-12-14-22(15-13-20)26(21-8-4-2-5-9-21)23-16-18-25(19-17-23)27-24-10-6-3-7-11-24;2*1-2/h2-19H,1H3;2*1-2H3. The van der Waals surface area contributed by atoms with Gasteiger partial charge in [-0.1, -0.05) is 81.8 Å². The highest BCUT2D eigenvalue weighted by Crippen LogP contribution is 2.35. The van der Waals surface area contributed by atoms with Gasteiger partial charge in [-0.25, -0.2) is 0 Å². The Bertz CT molecular complexity index is 978. The van der Waals surface area contributed by atoms with Crippen LogP contribution in [0.15, 0.2) is 109 Å². The van der Waals surface area contributed by atoms with E-state index in [0.717, 1.165) is 28.6 Å². The first-order chi connectivity index (χ1) is 15.3. The van der Waals surface area contributed by atoms with Crippen molar-refractivity contribution in [3.05, 3.63) is 115 Å². The summed E-state index contributed by atoms with van der Waals surface area (Å²) in [4.78, 5) is 2.24. The van der Waals surface area contributed by atoms with Crippen molar-refractivity contribution < 1.29 is 4.74 Å². The molecule has 2 nitrogen and oxygen atoms in total. The smallest absolute Gasteiger partial charge is 0.127 e. The fraction of sp³-hybridized carbons (Fsp3) is 0.172. The number of aryl methyl sites for hydroxylation is 1. The lowest BCUT2D eigenvalue weighted by Gasteiger charge is -2.25. The largest absolute Gasteiger partial charge is 0.457 e. The van der Waals surface area contributed by atoms with Crippen LogP contribution in [0.5, 0.6) is 11.5 Å². The van der Waals surface area contributed by atoms with Crippen LogP contribution >= 0.6 is 0 Å². The second-order valence-electron chi connectivity index (χ2n) is 6.42. The molecule has 0 spiro atoms. The molecule has 0 radical (unpaired) electrons. The van der Waals surface area contributed by atoms with Gasteiger partial charge < -0.3 is 9.64 Å². The lowest BCUT2D eigenvalue weighted by Crippen LogP contribution is -2.09. The monoisotopic (exact) mass is 411 g/mol. The second-order valence-corrected chi connectivity index (χ2v) is 6.42. The highest BCUT2D eigenvalue weighted by Gasteiger charge is 2.12. The first-order valence-corrected chi connectivity index (χ1v) is 11.0. The molecule has 0 N–H and O–H groups in total. The van der Waals surface area contributed by atoms with Crippen molar-refractivity contribution >= 4 is 17.1 Å². The Morgan fingerprint density at radius 1 is 0.452 bits per heavy atom. The molecular weight excluding hydrogens is 378 g/mol. The molecule has 2 heteroatoms. The normalized spacial score (nSPS) is 9.45. The van der Waals surface area contributed by atoms with Crippen LogP contribution in [-0.2, 0) is 0 Å². The maximum atomic E-state index is 5.92. The number of anilines is 3. The van der Waals surface area contributed by atoms with Gasteiger partial charge in [0.1, 0.15) is 11.5 Å². The molecule has 0 bridgehead atoms. The van der Waals surface area contributed by atoms with Crippen LogP contribution in [-0.4, -0.2) is 0 Å². The van der Waals surface area contributed by atoms with Crippen LogP contribution in [0.2, 0.25) is 0 Å². The summed E-state index contributed by atoms with van der Waals surface area (Å²) < 4.78 is 5.92. The number of para-hydroxylation sites is 2. The summed E-state index contributed by atoms with van der Waals surface area (Å²) in [6.45, 7) is 10.1. The first kappa shape index (κ1) is 23.8. The molecule has 0 fully saturated rings. The summed E-state index contributed by atoms with van der Waals surface area (Å²) in [6, 6.07) is 37.0. The highest BCUT2D eigenvalue weighted by molar-refractivity contribution is 5.76. The Balaban J connectivity index is 0.000000807. The molecule has 0 saturated carbocycles. The summed E-state index contributed by atoms with van der Waals surface area (Å²) in [6.07, 6.45) is 0. The summed E-state index contributed by atoms with van der Waals surface area (Å²) in [7, 11) is 0. The van der Waals surface area contributed by atoms with E-state index in [1.807, 2.05) is 76.2 Å². The van der Waals surface area contributed by atoms with E-state index in [4.69, 9.17) is 4.74 Å². The zero-order valence-electron chi connectivity index (χ0n) is 19.2. The fourth-order valence-corrected chi connectivity index (χ4v) is 3.01. The quantitative estimate of drug-likeness (QED) is 0.324. The van der Waals surface area contributed by atoms with E-state index in [2.05, 4.69) is 72.5 Å². The maximum absolute atomic E-state index is 5.92. The van der Waals surface area contributed by atoms with Gasteiger partial charge in [-0.05, 0) is 67.6 Å². The molecule has 0 saturated heterocycles. The molecule has 0 amide bonds. The molecule has 0 unspecified atom stereocenters. The molecule has 0 aliphatic rings. The van der Waals surface area contributed by atoms with Crippen LogP contribution in [0.25, 0.3) is 0 Å². The third-order valence-corrected chi connectivity index (χ3v) is 4.38. The Hall–Kier alpha value is -3.52. The van der Waals surface area contributed by atoms with Crippen molar-refractivity contribution in [1.29, 1.82) is 0 Å². The fourth-order valence-electron chi connectivity index (χ4n) is 3.01. The molecule has 160 valence electrons. The minimum Gasteiger partial charge on any atom is -0.457 e. The zero-order chi connectivity index (χ0) is 22.5. The van der Waals surface area contributed by atoms with E-state index in [9.17, 15) is 0 Å². The van der Waals surface area contributed by atoms with E-state index in [0.29, 0.717) is 0 Å². The van der Waals surface area contributed by atoms with Crippen LogP contribution < -0.4 is 9.64 Å². The van der Waals surface area contributed by atoms with Crippen LogP contribution in [0, 0.1) is 6.92 Å². The zero-order valence-corrected chi connectivity index (χ0v) is 19.2. The lowest BCUT2D eigenvalue weighted by atomic mass is 10.1. The predicted molar refractivity (Wildman–Crippen MR) is 135 cm³/mol. The van der Waals surface area contributed by atoms with E-state index < -0.39 is 0 Å². The van der Waals surface area contributed by atoms with Crippen molar-refractivity contribution in [2.45, 2.75) is 34.6 Å². The van der Waals surface area contributed by atoms with Crippen molar-refractivity contribution in [2.24, 2.45) is 0 Å². The van der Waals surface area contributed by atoms with Gasteiger partial charge in [-0.15, -0.1) is 0 Å². The van der Waals surface area contributed by atoms with Crippen molar-refractivity contribution in [2.75, 3.05) is 4.90 Å². The van der Waals surface area contributed by atoms with Crippen molar-refractivity contribution in [3.63, 3.8) is 0 Å². The molecular formula is C29H33NO. The third-order valence-electron chi connectivity index (χ3n) is 4.38. The highest BCUT2D eigenvalue weighted by atomic mass is 16.5. The van der Waals surface area contributed by atoms with Gasteiger partial charge in [0.05, 0.1) is 0 Å². The van der Waals surface area contributed by atoms with Crippen molar-refractivity contribution in [3.8, 4) is 11.5 Å².